The predicted octanol–water partition coefficient (Wildman–Crippen LogP) is 3.77. The van der Waals surface area contributed by atoms with Crippen LogP contribution in [0.2, 0.25) is 5.02 Å². The molecule has 0 saturated carbocycles. The summed E-state index contributed by atoms with van der Waals surface area (Å²) in [5.74, 6) is -0.274. The largest absolute Gasteiger partial charge is 0.359 e. The van der Waals surface area contributed by atoms with Crippen molar-refractivity contribution >= 4 is 61.6 Å². The summed E-state index contributed by atoms with van der Waals surface area (Å²) in [6.45, 7) is 1.56. The van der Waals surface area contributed by atoms with Gasteiger partial charge in [0.15, 0.2) is 0 Å². The van der Waals surface area contributed by atoms with E-state index in [1.165, 1.54) is 0 Å². The third-order valence-corrected chi connectivity index (χ3v) is 5.21. The Morgan fingerprint density at radius 2 is 2.04 bits per heavy atom. The highest BCUT2D eigenvalue weighted by Gasteiger charge is 2.19. The molecule has 1 aliphatic rings. The van der Waals surface area contributed by atoms with E-state index in [0.29, 0.717) is 29.5 Å². The Balaban J connectivity index is 1.52. The summed E-state index contributed by atoms with van der Waals surface area (Å²) < 4.78 is 0.942. The molecular formula is C19H16BrClN4O2. The molecule has 3 N–H and O–H groups in total. The van der Waals surface area contributed by atoms with E-state index in [-0.39, 0.29) is 18.4 Å². The third-order valence-electron chi connectivity index (χ3n) is 4.41. The van der Waals surface area contributed by atoms with Gasteiger partial charge in [-0.25, -0.2) is 0 Å². The number of halogens is 2. The number of aromatic amines is 1. The minimum Gasteiger partial charge on any atom is -0.359 e. The number of benzene rings is 2. The fraction of sp³-hybridized carbons (Fsp3) is 0.158. The van der Waals surface area contributed by atoms with Crippen molar-refractivity contribution in [2.45, 2.75) is 0 Å². The number of aromatic nitrogens is 1. The molecule has 2 aromatic carbocycles. The SMILES string of the molecule is O=C1CN(c2ccc(NC(=O)c3cc4ccc(Br)cc4[nH]3)cc2Cl)CCN1. The molecule has 1 aromatic heterocycles. The number of hydrogen-bond acceptors (Lipinski definition) is 3. The lowest BCUT2D eigenvalue weighted by molar-refractivity contribution is -0.120. The number of nitrogens with one attached hydrogen (secondary N) is 3. The molecule has 6 nitrogen and oxygen atoms in total. The molecular weight excluding hydrogens is 432 g/mol. The van der Waals surface area contributed by atoms with Gasteiger partial charge in [-0.3, -0.25) is 9.59 Å². The lowest BCUT2D eigenvalue weighted by Crippen LogP contribution is -2.47. The van der Waals surface area contributed by atoms with Gasteiger partial charge in [0.1, 0.15) is 5.69 Å². The van der Waals surface area contributed by atoms with Crippen LogP contribution in [-0.2, 0) is 4.79 Å². The molecule has 1 aliphatic heterocycles. The Morgan fingerprint density at radius 3 is 2.81 bits per heavy atom. The minimum atomic E-state index is -0.247. The molecule has 3 aromatic rings. The topological polar surface area (TPSA) is 77.2 Å². The molecule has 0 aliphatic carbocycles. The Kier molecular flexibility index (Phi) is 4.80. The average Bonchev–Trinajstić information content (AvgIpc) is 3.05. The first-order chi connectivity index (χ1) is 13.0. The van der Waals surface area contributed by atoms with Crippen LogP contribution >= 0.6 is 27.5 Å². The first-order valence-electron chi connectivity index (χ1n) is 8.40. The molecule has 1 saturated heterocycles. The number of nitrogens with zero attached hydrogens (tertiary/aromatic N) is 1. The molecule has 2 amide bonds. The number of piperazine rings is 1. The summed E-state index contributed by atoms with van der Waals surface area (Å²) in [5, 5.41) is 7.08. The number of rotatable bonds is 3. The maximum absolute atomic E-state index is 12.5. The molecule has 2 heterocycles. The van der Waals surface area contributed by atoms with Crippen molar-refractivity contribution < 1.29 is 9.59 Å². The van der Waals surface area contributed by atoms with Crippen LogP contribution in [-0.4, -0.2) is 36.4 Å². The Hall–Kier alpha value is -2.51. The minimum absolute atomic E-state index is 0.0276. The zero-order valence-electron chi connectivity index (χ0n) is 14.2. The van der Waals surface area contributed by atoms with Gasteiger partial charge in [-0.05, 0) is 36.4 Å². The van der Waals surface area contributed by atoms with Gasteiger partial charge in [-0.2, -0.15) is 0 Å². The zero-order chi connectivity index (χ0) is 19.0. The fourth-order valence-electron chi connectivity index (χ4n) is 3.11. The number of carbonyl (C=O) groups excluding carboxylic acids is 2. The summed E-state index contributed by atoms with van der Waals surface area (Å²) >= 11 is 9.80. The van der Waals surface area contributed by atoms with Crippen molar-refractivity contribution in [3.8, 4) is 0 Å². The van der Waals surface area contributed by atoms with Crippen molar-refractivity contribution in [2.75, 3.05) is 29.9 Å². The van der Waals surface area contributed by atoms with Gasteiger partial charge in [-0.1, -0.05) is 33.6 Å². The van der Waals surface area contributed by atoms with Gasteiger partial charge in [-0.15, -0.1) is 0 Å². The van der Waals surface area contributed by atoms with Crippen molar-refractivity contribution in [3.63, 3.8) is 0 Å². The van der Waals surface area contributed by atoms with Crippen LogP contribution in [0.4, 0.5) is 11.4 Å². The second-order valence-corrected chi connectivity index (χ2v) is 7.63. The molecule has 27 heavy (non-hydrogen) atoms. The van der Waals surface area contributed by atoms with Gasteiger partial charge in [0, 0.05) is 34.2 Å². The predicted molar refractivity (Wildman–Crippen MR) is 111 cm³/mol. The fourth-order valence-corrected chi connectivity index (χ4v) is 3.77. The van der Waals surface area contributed by atoms with E-state index in [9.17, 15) is 9.59 Å². The van der Waals surface area contributed by atoms with E-state index in [0.717, 1.165) is 21.1 Å². The molecule has 138 valence electrons. The van der Waals surface area contributed by atoms with Crippen LogP contribution < -0.4 is 15.5 Å². The number of amides is 2. The zero-order valence-corrected chi connectivity index (χ0v) is 16.5. The van der Waals surface area contributed by atoms with E-state index in [1.807, 2.05) is 29.2 Å². The third kappa shape index (κ3) is 3.79. The molecule has 0 atom stereocenters. The summed E-state index contributed by atoms with van der Waals surface area (Å²) in [6, 6.07) is 12.9. The van der Waals surface area contributed by atoms with Crippen LogP contribution in [0.1, 0.15) is 10.5 Å². The van der Waals surface area contributed by atoms with Crippen LogP contribution in [0.5, 0.6) is 0 Å². The quantitative estimate of drug-likeness (QED) is 0.572. The average molecular weight is 448 g/mol. The monoisotopic (exact) mass is 446 g/mol. The van der Waals surface area contributed by atoms with Crippen molar-refractivity contribution in [3.05, 3.63) is 57.7 Å². The highest BCUT2D eigenvalue weighted by Crippen LogP contribution is 2.29. The first-order valence-corrected chi connectivity index (χ1v) is 9.57. The standard InChI is InChI=1S/C19H16BrClN4O2/c20-12-2-1-11-7-16(24-15(11)8-12)19(27)23-13-3-4-17(14(21)9-13)25-6-5-22-18(26)10-25/h1-4,7-9,24H,5-6,10H2,(H,22,26)(H,23,27). The maximum Gasteiger partial charge on any atom is 0.272 e. The van der Waals surface area contributed by atoms with E-state index >= 15 is 0 Å². The lowest BCUT2D eigenvalue weighted by atomic mass is 10.2. The highest BCUT2D eigenvalue weighted by atomic mass is 79.9. The Bertz CT molecular complexity index is 1050. The summed E-state index contributed by atoms with van der Waals surface area (Å²) in [6.07, 6.45) is 0. The van der Waals surface area contributed by atoms with E-state index < -0.39 is 0 Å². The summed E-state index contributed by atoms with van der Waals surface area (Å²) in [4.78, 5) is 29.1. The van der Waals surface area contributed by atoms with Gasteiger partial charge < -0.3 is 20.5 Å². The Labute approximate surface area is 169 Å². The lowest BCUT2D eigenvalue weighted by Gasteiger charge is -2.29. The number of fused-ring (bicyclic) bond motifs is 1. The smallest absolute Gasteiger partial charge is 0.272 e. The number of carbonyl (C=O) groups is 2. The maximum atomic E-state index is 12.5. The number of anilines is 2. The normalized spacial score (nSPS) is 14.3. The van der Waals surface area contributed by atoms with Crippen LogP contribution in [0.15, 0.2) is 46.9 Å². The number of H-pyrrole nitrogens is 1. The number of hydrogen-bond donors (Lipinski definition) is 3. The molecule has 1 fully saturated rings. The van der Waals surface area contributed by atoms with E-state index in [2.05, 4.69) is 31.5 Å². The Morgan fingerprint density at radius 1 is 1.19 bits per heavy atom. The molecule has 0 radical (unpaired) electrons. The van der Waals surface area contributed by atoms with E-state index in [1.54, 1.807) is 18.2 Å². The van der Waals surface area contributed by atoms with Crippen molar-refractivity contribution in [1.29, 1.82) is 0 Å². The second kappa shape index (κ2) is 7.25. The molecule has 4 rings (SSSR count). The molecule has 0 unspecified atom stereocenters. The van der Waals surface area contributed by atoms with Crippen LogP contribution in [0.3, 0.4) is 0 Å². The van der Waals surface area contributed by atoms with Gasteiger partial charge in [0.25, 0.3) is 5.91 Å². The molecule has 8 heteroatoms. The van der Waals surface area contributed by atoms with Crippen LogP contribution in [0, 0.1) is 0 Å². The summed E-state index contributed by atoms with van der Waals surface area (Å²) in [7, 11) is 0. The van der Waals surface area contributed by atoms with E-state index in [4.69, 9.17) is 11.6 Å². The second-order valence-electron chi connectivity index (χ2n) is 6.31. The first kappa shape index (κ1) is 17.9. The van der Waals surface area contributed by atoms with Gasteiger partial charge in [0.05, 0.1) is 17.3 Å². The van der Waals surface area contributed by atoms with Gasteiger partial charge in [0.2, 0.25) is 5.91 Å². The highest BCUT2D eigenvalue weighted by molar-refractivity contribution is 9.10. The van der Waals surface area contributed by atoms with Gasteiger partial charge >= 0.3 is 0 Å². The van der Waals surface area contributed by atoms with Crippen molar-refractivity contribution in [2.24, 2.45) is 0 Å². The molecule has 0 spiro atoms. The molecule has 0 bridgehead atoms. The van der Waals surface area contributed by atoms with Crippen LogP contribution in [0.25, 0.3) is 10.9 Å². The van der Waals surface area contributed by atoms with Crippen molar-refractivity contribution in [1.82, 2.24) is 10.3 Å². The summed E-state index contributed by atoms with van der Waals surface area (Å²) in [5.41, 5.74) is 2.72.